The third-order valence-electron chi connectivity index (χ3n) is 6.27. The van der Waals surface area contributed by atoms with Crippen LogP contribution in [0, 0.1) is 11.3 Å². The predicted molar refractivity (Wildman–Crippen MR) is 125 cm³/mol. The number of nitrogens with one attached hydrogen (secondary N) is 1. The number of hydrogen-bond donors (Lipinski definition) is 1. The minimum Gasteiger partial charge on any atom is -0.460 e. The molecular formula is C26H28N4O3. The number of hydrogen-bond acceptors (Lipinski definition) is 7. The standard InChI is InChI=1S/C26H28N4O3/c27-14-20-6-9-25(28-15-20)29-16-22-10-11-26(33-22)18-30(12-13-31-19-26)17-23-7-8-24(32-23)21-4-2-1-3-5-21/h1-9,15,22H,10-13,16-19H2,(H,28,29)/t22-,26-/m0/s1. The Bertz CT molecular complexity index is 1090. The van der Waals surface area contributed by atoms with E-state index in [1.165, 1.54) is 0 Å². The summed E-state index contributed by atoms with van der Waals surface area (Å²) in [5, 5.41) is 12.2. The van der Waals surface area contributed by atoms with Gasteiger partial charge in [-0.2, -0.15) is 5.26 Å². The van der Waals surface area contributed by atoms with Gasteiger partial charge in [0.05, 0.1) is 31.4 Å². The van der Waals surface area contributed by atoms with E-state index in [0.29, 0.717) is 25.3 Å². The third-order valence-corrected chi connectivity index (χ3v) is 6.27. The molecule has 170 valence electrons. The number of anilines is 1. The number of ether oxygens (including phenoxy) is 2. The molecule has 2 aliphatic rings. The van der Waals surface area contributed by atoms with Gasteiger partial charge in [0.15, 0.2) is 0 Å². The summed E-state index contributed by atoms with van der Waals surface area (Å²) in [6.07, 6.45) is 3.61. The maximum absolute atomic E-state index is 8.91. The van der Waals surface area contributed by atoms with E-state index in [-0.39, 0.29) is 11.7 Å². The third kappa shape index (κ3) is 5.25. The molecule has 0 unspecified atom stereocenters. The summed E-state index contributed by atoms with van der Waals surface area (Å²) in [5.41, 5.74) is 1.35. The van der Waals surface area contributed by atoms with Gasteiger partial charge in [-0.25, -0.2) is 4.98 Å². The van der Waals surface area contributed by atoms with Crippen molar-refractivity contribution < 1.29 is 13.9 Å². The second-order valence-corrected chi connectivity index (χ2v) is 8.78. The summed E-state index contributed by atoms with van der Waals surface area (Å²) in [4.78, 5) is 6.65. The quantitative estimate of drug-likeness (QED) is 0.613. The highest BCUT2D eigenvalue weighted by molar-refractivity contribution is 5.57. The Hall–Kier alpha value is -3.18. The van der Waals surface area contributed by atoms with E-state index in [2.05, 4.69) is 39.5 Å². The number of furan rings is 1. The lowest BCUT2D eigenvalue weighted by molar-refractivity contribution is -0.0829. The van der Waals surface area contributed by atoms with Crippen LogP contribution in [-0.2, 0) is 16.0 Å². The first kappa shape index (κ1) is 21.7. The molecule has 1 aromatic carbocycles. The highest BCUT2D eigenvalue weighted by Gasteiger charge is 2.43. The Balaban J connectivity index is 1.18. The molecule has 1 N–H and O–H groups in total. The predicted octanol–water partition coefficient (Wildman–Crippen LogP) is 4.08. The van der Waals surface area contributed by atoms with Crippen LogP contribution in [0.5, 0.6) is 0 Å². The van der Waals surface area contributed by atoms with Gasteiger partial charge in [-0.1, -0.05) is 30.3 Å². The van der Waals surface area contributed by atoms with Crippen LogP contribution in [0.15, 0.2) is 65.2 Å². The lowest BCUT2D eigenvalue weighted by Gasteiger charge is -2.31. The summed E-state index contributed by atoms with van der Waals surface area (Å²) < 4.78 is 18.6. The molecule has 4 heterocycles. The highest BCUT2D eigenvalue weighted by atomic mass is 16.6. The first-order valence-corrected chi connectivity index (χ1v) is 11.4. The van der Waals surface area contributed by atoms with E-state index in [0.717, 1.165) is 55.4 Å². The van der Waals surface area contributed by atoms with Crippen LogP contribution >= 0.6 is 0 Å². The lowest BCUT2D eigenvalue weighted by atomic mass is 10.00. The number of aromatic nitrogens is 1. The van der Waals surface area contributed by atoms with E-state index in [9.17, 15) is 0 Å². The van der Waals surface area contributed by atoms with Gasteiger partial charge >= 0.3 is 0 Å². The molecule has 7 nitrogen and oxygen atoms in total. The number of nitrogens with zero attached hydrogens (tertiary/aromatic N) is 3. The van der Waals surface area contributed by atoms with Crippen molar-refractivity contribution in [2.24, 2.45) is 0 Å². The van der Waals surface area contributed by atoms with Crippen LogP contribution in [0.4, 0.5) is 5.82 Å². The van der Waals surface area contributed by atoms with E-state index in [1.807, 2.05) is 30.3 Å². The molecule has 0 amide bonds. The molecule has 5 rings (SSSR count). The molecule has 2 aromatic heterocycles. The Morgan fingerprint density at radius 2 is 2.06 bits per heavy atom. The van der Waals surface area contributed by atoms with Crippen molar-refractivity contribution >= 4 is 5.82 Å². The topological polar surface area (TPSA) is 83.5 Å². The molecular weight excluding hydrogens is 416 g/mol. The zero-order chi connectivity index (χ0) is 22.5. The Kier molecular flexibility index (Phi) is 6.40. The average Bonchev–Trinajstić information content (AvgIpc) is 3.43. The van der Waals surface area contributed by atoms with Gasteiger partial charge in [-0.3, -0.25) is 4.90 Å². The van der Waals surface area contributed by atoms with Crippen LogP contribution < -0.4 is 5.32 Å². The van der Waals surface area contributed by atoms with Crippen LogP contribution in [0.1, 0.15) is 24.2 Å². The summed E-state index contributed by atoms with van der Waals surface area (Å²) in [7, 11) is 0. The van der Waals surface area contributed by atoms with Gasteiger partial charge in [-0.05, 0) is 37.1 Å². The Labute approximate surface area is 193 Å². The largest absolute Gasteiger partial charge is 0.460 e. The fourth-order valence-electron chi connectivity index (χ4n) is 4.60. The number of benzene rings is 1. The minimum atomic E-state index is -0.296. The molecule has 0 bridgehead atoms. The van der Waals surface area contributed by atoms with Crippen molar-refractivity contribution in [1.29, 1.82) is 5.26 Å². The van der Waals surface area contributed by atoms with Crippen molar-refractivity contribution in [2.75, 3.05) is 38.2 Å². The molecule has 7 heteroatoms. The maximum atomic E-state index is 8.91. The molecule has 3 aromatic rings. The monoisotopic (exact) mass is 444 g/mol. The van der Waals surface area contributed by atoms with Crippen molar-refractivity contribution in [1.82, 2.24) is 9.88 Å². The van der Waals surface area contributed by atoms with Crippen molar-refractivity contribution in [3.8, 4) is 17.4 Å². The van der Waals surface area contributed by atoms with E-state index < -0.39 is 0 Å². The summed E-state index contributed by atoms with van der Waals surface area (Å²) in [5.74, 6) is 2.60. The number of pyridine rings is 1. The summed E-state index contributed by atoms with van der Waals surface area (Å²) in [6.45, 7) is 4.39. The molecule has 2 atom stereocenters. The smallest absolute Gasteiger partial charge is 0.134 e. The van der Waals surface area contributed by atoms with E-state index in [4.69, 9.17) is 19.2 Å². The Morgan fingerprint density at radius 3 is 2.88 bits per heavy atom. The molecule has 0 aliphatic carbocycles. The van der Waals surface area contributed by atoms with Crippen molar-refractivity contribution in [2.45, 2.75) is 31.1 Å². The summed E-state index contributed by atoms with van der Waals surface area (Å²) >= 11 is 0. The van der Waals surface area contributed by atoms with Crippen molar-refractivity contribution in [3.63, 3.8) is 0 Å². The van der Waals surface area contributed by atoms with Gasteiger partial charge in [0.2, 0.25) is 0 Å². The van der Waals surface area contributed by atoms with Crippen LogP contribution in [-0.4, -0.2) is 54.4 Å². The second-order valence-electron chi connectivity index (χ2n) is 8.78. The van der Waals surface area contributed by atoms with E-state index >= 15 is 0 Å². The molecule has 2 aliphatic heterocycles. The van der Waals surface area contributed by atoms with Gasteiger partial charge in [0.1, 0.15) is 29.0 Å². The van der Waals surface area contributed by atoms with E-state index in [1.54, 1.807) is 12.3 Å². The Morgan fingerprint density at radius 1 is 1.15 bits per heavy atom. The van der Waals surface area contributed by atoms with Crippen LogP contribution in [0.3, 0.4) is 0 Å². The molecule has 33 heavy (non-hydrogen) atoms. The molecule has 2 saturated heterocycles. The number of nitriles is 1. The average molecular weight is 445 g/mol. The van der Waals surface area contributed by atoms with Crippen LogP contribution in [0.2, 0.25) is 0 Å². The molecule has 2 fully saturated rings. The lowest BCUT2D eigenvalue weighted by Crippen LogP contribution is -2.44. The fourth-order valence-corrected chi connectivity index (χ4v) is 4.60. The van der Waals surface area contributed by atoms with Crippen molar-refractivity contribution in [3.05, 3.63) is 72.1 Å². The van der Waals surface area contributed by atoms with Crippen LogP contribution in [0.25, 0.3) is 11.3 Å². The summed E-state index contributed by atoms with van der Waals surface area (Å²) in [6, 6.07) is 20.0. The van der Waals surface area contributed by atoms with Gasteiger partial charge < -0.3 is 19.2 Å². The normalized spacial score (nSPS) is 23.3. The first-order valence-electron chi connectivity index (χ1n) is 11.4. The molecule has 1 spiro atoms. The second kappa shape index (κ2) is 9.75. The minimum absolute atomic E-state index is 0.0966. The van der Waals surface area contributed by atoms with Gasteiger partial charge in [0, 0.05) is 31.4 Å². The first-order chi connectivity index (χ1) is 16.2. The highest BCUT2D eigenvalue weighted by Crippen LogP contribution is 2.34. The molecule has 0 saturated carbocycles. The van der Waals surface area contributed by atoms with Gasteiger partial charge in [-0.15, -0.1) is 0 Å². The zero-order valence-electron chi connectivity index (χ0n) is 18.6. The van der Waals surface area contributed by atoms with Gasteiger partial charge in [0.25, 0.3) is 0 Å². The molecule has 0 radical (unpaired) electrons. The fraction of sp³-hybridized carbons (Fsp3) is 0.385. The maximum Gasteiger partial charge on any atom is 0.134 e. The zero-order valence-corrected chi connectivity index (χ0v) is 18.6. The SMILES string of the molecule is N#Cc1ccc(NC[C@@H]2CC[C@]3(COCCN(Cc4ccc(-c5ccccc5)o4)C3)O2)nc1. The number of rotatable bonds is 6.